The summed E-state index contributed by atoms with van der Waals surface area (Å²) in [5.41, 5.74) is 3.95. The first-order valence-corrected chi connectivity index (χ1v) is 13.4. The van der Waals surface area contributed by atoms with E-state index in [-0.39, 0.29) is 24.0 Å². The van der Waals surface area contributed by atoms with Crippen LogP contribution < -0.4 is 26.8 Å². The topological polar surface area (TPSA) is 103 Å². The molecule has 1 unspecified atom stereocenters. The van der Waals surface area contributed by atoms with Crippen LogP contribution in [0.25, 0.3) is 0 Å². The van der Waals surface area contributed by atoms with Crippen LogP contribution in [0.4, 0.5) is 29.1 Å². The third kappa shape index (κ3) is 5.56. The Morgan fingerprint density at radius 3 is 2.45 bits per heavy atom. The van der Waals surface area contributed by atoms with Crippen LogP contribution in [-0.4, -0.2) is 39.8 Å². The van der Waals surface area contributed by atoms with Crippen molar-refractivity contribution in [2.24, 2.45) is 5.73 Å². The summed E-state index contributed by atoms with van der Waals surface area (Å²) in [5.74, 6) is -0.473. The molecule has 1 aliphatic rings. The van der Waals surface area contributed by atoms with Gasteiger partial charge in [-0.15, -0.1) is 0 Å². The van der Waals surface area contributed by atoms with E-state index < -0.39 is 47.0 Å². The first-order valence-electron chi connectivity index (χ1n) is 13.4. The number of aromatic nitrogens is 3. The minimum atomic E-state index is -4.85. The zero-order chi connectivity index (χ0) is 30.2. The number of anilines is 2. The van der Waals surface area contributed by atoms with Gasteiger partial charge in [-0.2, -0.15) is 18.2 Å². The molecule has 5 rings (SSSR count). The van der Waals surface area contributed by atoms with E-state index in [0.29, 0.717) is 31.0 Å². The van der Waals surface area contributed by atoms with Crippen molar-refractivity contribution in [2.45, 2.75) is 45.2 Å². The third-order valence-corrected chi connectivity index (χ3v) is 7.66. The van der Waals surface area contributed by atoms with Gasteiger partial charge in [-0.25, -0.2) is 9.18 Å². The van der Waals surface area contributed by atoms with E-state index in [1.165, 1.54) is 19.6 Å². The fourth-order valence-electron chi connectivity index (χ4n) is 5.47. The molecule has 13 heteroatoms. The van der Waals surface area contributed by atoms with Gasteiger partial charge in [-0.3, -0.25) is 13.9 Å². The van der Waals surface area contributed by atoms with Crippen molar-refractivity contribution in [3.05, 3.63) is 110 Å². The average Bonchev–Trinajstić information content (AvgIpc) is 3.50. The summed E-state index contributed by atoms with van der Waals surface area (Å²) < 4.78 is 63.5. The maximum atomic E-state index is 14.9. The van der Waals surface area contributed by atoms with Gasteiger partial charge in [0.1, 0.15) is 17.8 Å². The number of nitrogens with zero attached hydrogens (tertiary/aromatic N) is 5. The Morgan fingerprint density at radius 2 is 1.81 bits per heavy atom. The molecule has 9 nitrogen and oxygen atoms in total. The predicted molar refractivity (Wildman–Crippen MR) is 149 cm³/mol. The van der Waals surface area contributed by atoms with Gasteiger partial charge < -0.3 is 20.0 Å². The number of halogens is 4. The van der Waals surface area contributed by atoms with E-state index in [9.17, 15) is 27.2 Å². The number of rotatable bonds is 7. The van der Waals surface area contributed by atoms with Crippen molar-refractivity contribution in [3.63, 3.8) is 0 Å². The summed E-state index contributed by atoms with van der Waals surface area (Å²) in [6, 6.07) is 10.5. The summed E-state index contributed by atoms with van der Waals surface area (Å²) >= 11 is 0. The zero-order valence-corrected chi connectivity index (χ0v) is 23.0. The fourth-order valence-corrected chi connectivity index (χ4v) is 5.47. The third-order valence-electron chi connectivity index (χ3n) is 7.66. The summed E-state index contributed by atoms with van der Waals surface area (Å²) in [6.45, 7) is 3.69. The summed E-state index contributed by atoms with van der Waals surface area (Å²) in [6.07, 6.45) is -2.02. The monoisotopic (exact) mass is 586 g/mol. The number of alkyl halides is 3. The minimum absolute atomic E-state index is 0.132. The summed E-state index contributed by atoms with van der Waals surface area (Å²) in [4.78, 5) is 35.8. The van der Waals surface area contributed by atoms with Gasteiger partial charge >= 0.3 is 11.9 Å². The Kier molecular flexibility index (Phi) is 7.95. The Bertz CT molecular complexity index is 1670. The van der Waals surface area contributed by atoms with Gasteiger partial charge in [0.2, 0.25) is 0 Å². The Labute approximate surface area is 238 Å². The van der Waals surface area contributed by atoms with E-state index in [0.717, 1.165) is 27.3 Å². The molecule has 3 heterocycles. The van der Waals surface area contributed by atoms with Crippen molar-refractivity contribution in [2.75, 3.05) is 29.4 Å². The number of benzene rings is 2. The average molecular weight is 587 g/mol. The SMILES string of the molecule is Cc1c(N2CCN(c3cocn3)CC2C)c(=O)n(C[C@H](N)c2ccccc2)c(=O)n1Cc1c(F)cccc1C(F)(F)F. The molecule has 2 aromatic heterocycles. The van der Waals surface area contributed by atoms with Crippen molar-refractivity contribution in [1.29, 1.82) is 0 Å². The van der Waals surface area contributed by atoms with Gasteiger partial charge in [0, 0.05) is 43.0 Å². The molecule has 1 fully saturated rings. The number of piperazine rings is 1. The van der Waals surface area contributed by atoms with Gasteiger partial charge in [0.05, 0.1) is 18.7 Å². The highest BCUT2D eigenvalue weighted by Crippen LogP contribution is 2.34. The largest absolute Gasteiger partial charge is 0.449 e. The normalized spacial score (nSPS) is 16.6. The molecule has 1 aliphatic heterocycles. The molecule has 222 valence electrons. The Hall–Kier alpha value is -4.39. The van der Waals surface area contributed by atoms with E-state index in [1.54, 1.807) is 30.3 Å². The smallest absolute Gasteiger partial charge is 0.416 e. The Morgan fingerprint density at radius 1 is 1.07 bits per heavy atom. The van der Waals surface area contributed by atoms with Crippen molar-refractivity contribution in [3.8, 4) is 0 Å². The molecular weight excluding hydrogens is 556 g/mol. The highest BCUT2D eigenvalue weighted by molar-refractivity contribution is 5.53. The molecule has 0 spiro atoms. The van der Waals surface area contributed by atoms with Crippen LogP contribution in [0.5, 0.6) is 0 Å². The van der Waals surface area contributed by atoms with Crippen molar-refractivity contribution in [1.82, 2.24) is 14.1 Å². The number of oxazole rings is 1. The van der Waals surface area contributed by atoms with Crippen LogP contribution >= 0.6 is 0 Å². The number of nitrogens with two attached hydrogens (primary N) is 1. The molecule has 0 bridgehead atoms. The van der Waals surface area contributed by atoms with Crippen LogP contribution in [-0.2, 0) is 19.3 Å². The maximum absolute atomic E-state index is 14.9. The standard InChI is InChI=1S/C29H30F4N6O3/c1-18-13-36(25-16-42-17-35-25)11-12-37(18)26-19(2)38(14-21-22(29(31,32)33)9-6-10-23(21)30)28(41)39(27(26)40)15-24(34)20-7-4-3-5-8-20/h3-10,16-18,24H,11-15,34H2,1-2H3/t18?,24-/m0/s1. The van der Waals surface area contributed by atoms with Gasteiger partial charge in [0.25, 0.3) is 5.56 Å². The highest BCUT2D eigenvalue weighted by Gasteiger charge is 2.36. The second kappa shape index (κ2) is 11.5. The van der Waals surface area contributed by atoms with Crippen molar-refractivity contribution < 1.29 is 22.0 Å². The van der Waals surface area contributed by atoms with E-state index >= 15 is 0 Å². The van der Waals surface area contributed by atoms with Crippen LogP contribution in [0.3, 0.4) is 0 Å². The van der Waals surface area contributed by atoms with Crippen LogP contribution in [0, 0.1) is 12.7 Å². The second-order valence-corrected chi connectivity index (χ2v) is 10.3. The lowest BCUT2D eigenvalue weighted by molar-refractivity contribution is -0.138. The fraction of sp³-hybridized carbons (Fsp3) is 0.345. The molecule has 1 saturated heterocycles. The summed E-state index contributed by atoms with van der Waals surface area (Å²) in [7, 11) is 0. The molecule has 2 atom stereocenters. The van der Waals surface area contributed by atoms with Crippen LogP contribution in [0.1, 0.15) is 35.3 Å². The van der Waals surface area contributed by atoms with E-state index in [1.807, 2.05) is 16.7 Å². The van der Waals surface area contributed by atoms with Crippen LogP contribution in [0.15, 0.2) is 75.2 Å². The molecular formula is C29H30F4N6O3. The lowest BCUT2D eigenvalue weighted by Gasteiger charge is -2.41. The summed E-state index contributed by atoms with van der Waals surface area (Å²) in [5, 5.41) is 0. The maximum Gasteiger partial charge on any atom is 0.416 e. The van der Waals surface area contributed by atoms with Gasteiger partial charge in [-0.05, 0) is 31.5 Å². The lowest BCUT2D eigenvalue weighted by atomic mass is 10.1. The molecule has 0 amide bonds. The van der Waals surface area contributed by atoms with E-state index in [2.05, 4.69) is 4.98 Å². The molecule has 2 aromatic carbocycles. The first kappa shape index (κ1) is 29.1. The molecule has 0 saturated carbocycles. The predicted octanol–water partition coefficient (Wildman–Crippen LogP) is 3.93. The van der Waals surface area contributed by atoms with Crippen molar-refractivity contribution >= 4 is 11.5 Å². The molecule has 2 N–H and O–H groups in total. The minimum Gasteiger partial charge on any atom is -0.449 e. The lowest BCUT2D eigenvalue weighted by Crippen LogP contribution is -2.56. The Balaban J connectivity index is 1.63. The second-order valence-electron chi connectivity index (χ2n) is 10.3. The molecule has 42 heavy (non-hydrogen) atoms. The van der Waals surface area contributed by atoms with Crippen LogP contribution in [0.2, 0.25) is 0 Å². The molecule has 0 aliphatic carbocycles. The highest BCUT2D eigenvalue weighted by atomic mass is 19.4. The van der Waals surface area contributed by atoms with Gasteiger partial charge in [0.15, 0.2) is 12.2 Å². The quantitative estimate of drug-likeness (QED) is 0.328. The molecule has 4 aromatic rings. The van der Waals surface area contributed by atoms with E-state index in [4.69, 9.17) is 10.2 Å². The number of hydrogen-bond donors (Lipinski definition) is 1. The van der Waals surface area contributed by atoms with Gasteiger partial charge in [-0.1, -0.05) is 36.4 Å². The molecule has 0 radical (unpaired) electrons. The number of hydrogen-bond acceptors (Lipinski definition) is 7. The zero-order valence-electron chi connectivity index (χ0n) is 23.0. The first-order chi connectivity index (χ1) is 20.0.